The Morgan fingerprint density at radius 1 is 1.53 bits per heavy atom. The van der Waals surface area contributed by atoms with Gasteiger partial charge in [0.25, 0.3) is 5.91 Å². The molecule has 1 aliphatic rings. The van der Waals surface area contributed by atoms with Gasteiger partial charge in [0.15, 0.2) is 0 Å². The Balaban J connectivity index is 2.09. The van der Waals surface area contributed by atoms with E-state index in [2.05, 4.69) is 19.2 Å². The van der Waals surface area contributed by atoms with Crippen LogP contribution in [-0.4, -0.2) is 37.0 Å². The number of likely N-dealkylation sites (tertiary alicyclic amines) is 1. The van der Waals surface area contributed by atoms with Crippen LogP contribution in [0.25, 0.3) is 0 Å². The molecular formula is C13H20N2OS. The molecule has 1 aromatic heterocycles. The predicted molar refractivity (Wildman–Crippen MR) is 71.8 cm³/mol. The minimum Gasteiger partial charge on any atom is -0.336 e. The highest BCUT2D eigenvalue weighted by Gasteiger charge is 2.24. The molecule has 0 bridgehead atoms. The molecule has 1 saturated heterocycles. The molecule has 0 saturated carbocycles. The summed E-state index contributed by atoms with van der Waals surface area (Å²) in [6.07, 6.45) is 2.27. The average Bonchev–Trinajstić information content (AvgIpc) is 2.69. The summed E-state index contributed by atoms with van der Waals surface area (Å²) in [7, 11) is 1.97. The Labute approximate surface area is 107 Å². The van der Waals surface area contributed by atoms with Gasteiger partial charge in [0, 0.05) is 24.0 Å². The van der Waals surface area contributed by atoms with Crippen LogP contribution in [0.1, 0.15) is 33.0 Å². The second-order valence-electron chi connectivity index (χ2n) is 4.73. The molecule has 94 valence electrons. The van der Waals surface area contributed by atoms with Crippen molar-refractivity contribution in [3.8, 4) is 0 Å². The molecule has 1 aromatic rings. The van der Waals surface area contributed by atoms with Crippen molar-refractivity contribution in [1.82, 2.24) is 10.2 Å². The number of thiophene rings is 1. The Bertz CT molecular complexity index is 394. The third-order valence-corrected chi connectivity index (χ3v) is 4.63. The number of aryl methyl sites for hydroxylation is 2. The number of hydrogen-bond acceptors (Lipinski definition) is 3. The standard InChI is InChI=1S/C13H20N2OS/c1-9-7-12(17-10(9)2)13(16)15-6-4-5-11(8-15)14-3/h7,11,14H,4-6,8H2,1-3H3. The van der Waals surface area contributed by atoms with Gasteiger partial charge < -0.3 is 10.2 Å². The Hall–Kier alpha value is -0.870. The molecule has 1 fully saturated rings. The summed E-state index contributed by atoms with van der Waals surface area (Å²) in [6.45, 7) is 5.87. The number of carbonyl (C=O) groups excluding carboxylic acids is 1. The molecule has 1 unspecified atom stereocenters. The SMILES string of the molecule is CNC1CCCN(C(=O)c2cc(C)c(C)s2)C1. The highest BCUT2D eigenvalue weighted by Crippen LogP contribution is 2.23. The maximum atomic E-state index is 12.3. The van der Waals surface area contributed by atoms with Crippen LogP contribution in [-0.2, 0) is 0 Å². The van der Waals surface area contributed by atoms with Gasteiger partial charge in [-0.1, -0.05) is 0 Å². The second-order valence-corrected chi connectivity index (χ2v) is 5.99. The van der Waals surface area contributed by atoms with Crippen LogP contribution in [0, 0.1) is 13.8 Å². The normalized spacial score (nSPS) is 20.6. The Morgan fingerprint density at radius 3 is 2.88 bits per heavy atom. The van der Waals surface area contributed by atoms with E-state index in [1.54, 1.807) is 11.3 Å². The van der Waals surface area contributed by atoms with Crippen molar-refractivity contribution in [1.29, 1.82) is 0 Å². The van der Waals surface area contributed by atoms with E-state index >= 15 is 0 Å². The first-order valence-corrected chi connectivity index (χ1v) is 6.97. The fraction of sp³-hybridized carbons (Fsp3) is 0.615. The van der Waals surface area contributed by atoms with Gasteiger partial charge in [0.1, 0.15) is 0 Å². The molecule has 1 N–H and O–H groups in total. The minimum absolute atomic E-state index is 0.200. The van der Waals surface area contributed by atoms with Crippen LogP contribution in [0.3, 0.4) is 0 Å². The fourth-order valence-electron chi connectivity index (χ4n) is 2.23. The van der Waals surface area contributed by atoms with Crippen molar-refractivity contribution < 1.29 is 4.79 Å². The van der Waals surface area contributed by atoms with Crippen molar-refractivity contribution >= 4 is 17.2 Å². The van der Waals surface area contributed by atoms with Crippen LogP contribution < -0.4 is 5.32 Å². The first-order valence-electron chi connectivity index (χ1n) is 6.15. The lowest BCUT2D eigenvalue weighted by atomic mass is 10.1. The van der Waals surface area contributed by atoms with Crippen LogP contribution in [0.15, 0.2) is 6.07 Å². The molecule has 0 aromatic carbocycles. The van der Waals surface area contributed by atoms with Gasteiger partial charge in [-0.15, -0.1) is 11.3 Å². The zero-order valence-corrected chi connectivity index (χ0v) is 11.6. The van der Waals surface area contributed by atoms with E-state index in [-0.39, 0.29) is 5.91 Å². The van der Waals surface area contributed by atoms with Crippen LogP contribution >= 0.6 is 11.3 Å². The molecule has 0 radical (unpaired) electrons. The third kappa shape index (κ3) is 2.69. The lowest BCUT2D eigenvalue weighted by Gasteiger charge is -2.32. The van der Waals surface area contributed by atoms with E-state index in [9.17, 15) is 4.79 Å². The number of nitrogens with zero attached hydrogens (tertiary/aromatic N) is 1. The summed E-state index contributed by atoms with van der Waals surface area (Å²) in [5.41, 5.74) is 1.22. The summed E-state index contributed by atoms with van der Waals surface area (Å²) >= 11 is 1.61. The summed E-state index contributed by atoms with van der Waals surface area (Å²) in [5, 5.41) is 3.27. The average molecular weight is 252 g/mol. The Kier molecular flexibility index (Phi) is 3.84. The molecule has 1 amide bonds. The number of nitrogens with one attached hydrogen (secondary N) is 1. The molecule has 2 heterocycles. The third-order valence-electron chi connectivity index (χ3n) is 3.49. The van der Waals surface area contributed by atoms with E-state index in [1.165, 1.54) is 16.9 Å². The molecule has 3 nitrogen and oxygen atoms in total. The molecule has 2 rings (SSSR count). The molecule has 1 aliphatic heterocycles. The quantitative estimate of drug-likeness (QED) is 0.875. The lowest BCUT2D eigenvalue weighted by molar-refractivity contribution is 0.0703. The van der Waals surface area contributed by atoms with E-state index in [0.29, 0.717) is 6.04 Å². The fourth-order valence-corrected chi connectivity index (χ4v) is 3.23. The number of rotatable bonds is 2. The van der Waals surface area contributed by atoms with E-state index in [0.717, 1.165) is 24.4 Å². The highest BCUT2D eigenvalue weighted by atomic mass is 32.1. The smallest absolute Gasteiger partial charge is 0.263 e. The van der Waals surface area contributed by atoms with E-state index < -0.39 is 0 Å². The molecule has 0 spiro atoms. The van der Waals surface area contributed by atoms with Crippen LogP contribution in [0.2, 0.25) is 0 Å². The van der Waals surface area contributed by atoms with Gasteiger partial charge in [-0.3, -0.25) is 4.79 Å². The second kappa shape index (κ2) is 5.19. The Morgan fingerprint density at radius 2 is 2.29 bits per heavy atom. The minimum atomic E-state index is 0.200. The van der Waals surface area contributed by atoms with Crippen molar-refractivity contribution in [2.24, 2.45) is 0 Å². The maximum Gasteiger partial charge on any atom is 0.263 e. The molecule has 4 heteroatoms. The summed E-state index contributed by atoms with van der Waals surface area (Å²) in [6, 6.07) is 2.47. The maximum absolute atomic E-state index is 12.3. The topological polar surface area (TPSA) is 32.3 Å². The molecular weight excluding hydrogens is 232 g/mol. The van der Waals surface area contributed by atoms with Crippen molar-refractivity contribution in [2.75, 3.05) is 20.1 Å². The van der Waals surface area contributed by atoms with Gasteiger partial charge >= 0.3 is 0 Å². The van der Waals surface area contributed by atoms with E-state index in [4.69, 9.17) is 0 Å². The predicted octanol–water partition coefficient (Wildman–Crippen LogP) is 2.19. The number of likely N-dealkylation sites (N-methyl/N-ethyl adjacent to an activating group) is 1. The summed E-state index contributed by atoms with van der Waals surface area (Å²) in [5.74, 6) is 0.200. The van der Waals surface area contributed by atoms with Crippen molar-refractivity contribution in [3.05, 3.63) is 21.4 Å². The molecule has 0 aliphatic carbocycles. The van der Waals surface area contributed by atoms with Gasteiger partial charge in [-0.05, 0) is 45.4 Å². The first kappa shape index (κ1) is 12.6. The monoisotopic (exact) mass is 252 g/mol. The zero-order valence-electron chi connectivity index (χ0n) is 10.7. The van der Waals surface area contributed by atoms with Crippen LogP contribution in [0.5, 0.6) is 0 Å². The van der Waals surface area contributed by atoms with Gasteiger partial charge in [0.2, 0.25) is 0 Å². The largest absolute Gasteiger partial charge is 0.336 e. The summed E-state index contributed by atoms with van der Waals surface area (Å²) in [4.78, 5) is 16.4. The van der Waals surface area contributed by atoms with Gasteiger partial charge in [-0.2, -0.15) is 0 Å². The number of piperidine rings is 1. The zero-order chi connectivity index (χ0) is 12.4. The van der Waals surface area contributed by atoms with Crippen LogP contribution in [0.4, 0.5) is 0 Å². The van der Waals surface area contributed by atoms with Crippen molar-refractivity contribution in [2.45, 2.75) is 32.7 Å². The molecule has 17 heavy (non-hydrogen) atoms. The van der Waals surface area contributed by atoms with Gasteiger partial charge in [-0.25, -0.2) is 0 Å². The summed E-state index contributed by atoms with van der Waals surface area (Å²) < 4.78 is 0. The van der Waals surface area contributed by atoms with Gasteiger partial charge in [0.05, 0.1) is 4.88 Å². The number of amides is 1. The first-order chi connectivity index (χ1) is 8.11. The number of hydrogen-bond donors (Lipinski definition) is 1. The highest BCUT2D eigenvalue weighted by molar-refractivity contribution is 7.14. The number of carbonyl (C=O) groups is 1. The van der Waals surface area contributed by atoms with Crippen molar-refractivity contribution in [3.63, 3.8) is 0 Å². The molecule has 1 atom stereocenters. The van der Waals surface area contributed by atoms with E-state index in [1.807, 2.05) is 18.0 Å². The lowest BCUT2D eigenvalue weighted by Crippen LogP contribution is -2.46.